The monoisotopic (exact) mass is 415 g/mol. The summed E-state index contributed by atoms with van der Waals surface area (Å²) in [7, 11) is 3.22. The molecule has 29 heavy (non-hydrogen) atoms. The van der Waals surface area contributed by atoms with E-state index >= 15 is 0 Å². The Morgan fingerprint density at radius 2 is 1.79 bits per heavy atom. The number of hydrogen-bond acceptors (Lipinski definition) is 6. The van der Waals surface area contributed by atoms with Gasteiger partial charge in [0, 0.05) is 23.5 Å². The zero-order chi connectivity index (χ0) is 21.1. The lowest BCUT2D eigenvalue weighted by Crippen LogP contribution is -2.32. The smallest absolute Gasteiger partial charge is 0.262 e. The normalized spacial score (nSPS) is 11.4. The van der Waals surface area contributed by atoms with Crippen molar-refractivity contribution < 1.29 is 9.47 Å². The van der Waals surface area contributed by atoms with Gasteiger partial charge < -0.3 is 14.4 Å². The van der Waals surface area contributed by atoms with Crippen LogP contribution in [0.15, 0.2) is 23.0 Å². The van der Waals surface area contributed by atoms with Gasteiger partial charge in [-0.3, -0.25) is 9.36 Å². The Kier molecular flexibility index (Phi) is 6.59. The molecule has 156 valence electrons. The van der Waals surface area contributed by atoms with Crippen LogP contribution in [0.4, 0.5) is 0 Å². The Bertz CT molecular complexity index is 1070. The van der Waals surface area contributed by atoms with E-state index in [2.05, 4.69) is 18.7 Å². The third-order valence-electron chi connectivity index (χ3n) is 5.46. The van der Waals surface area contributed by atoms with Crippen molar-refractivity contribution in [3.8, 4) is 22.9 Å². The first kappa shape index (κ1) is 21.3. The van der Waals surface area contributed by atoms with Gasteiger partial charge in [-0.1, -0.05) is 13.8 Å². The maximum absolute atomic E-state index is 13.5. The van der Waals surface area contributed by atoms with E-state index in [1.807, 2.05) is 32.0 Å². The van der Waals surface area contributed by atoms with Crippen LogP contribution in [-0.4, -0.2) is 48.3 Å². The fourth-order valence-electron chi connectivity index (χ4n) is 3.51. The number of aromatic nitrogens is 2. The molecule has 2 heterocycles. The molecule has 0 saturated carbocycles. The first-order valence-corrected chi connectivity index (χ1v) is 10.7. The van der Waals surface area contributed by atoms with E-state index in [4.69, 9.17) is 14.5 Å². The molecule has 0 aliphatic heterocycles. The van der Waals surface area contributed by atoms with Crippen LogP contribution >= 0.6 is 11.3 Å². The Balaban J connectivity index is 2.21. The molecular weight excluding hydrogens is 386 g/mol. The second kappa shape index (κ2) is 8.97. The second-order valence-corrected chi connectivity index (χ2v) is 8.16. The first-order valence-electron chi connectivity index (χ1n) is 9.90. The van der Waals surface area contributed by atoms with Gasteiger partial charge in [0.15, 0.2) is 11.5 Å². The van der Waals surface area contributed by atoms with Gasteiger partial charge >= 0.3 is 0 Å². The number of nitrogens with zero attached hydrogens (tertiary/aromatic N) is 3. The number of aryl methyl sites for hydroxylation is 2. The third-order valence-corrected chi connectivity index (χ3v) is 6.57. The minimum Gasteiger partial charge on any atom is -0.493 e. The Morgan fingerprint density at radius 1 is 1.10 bits per heavy atom. The predicted molar refractivity (Wildman–Crippen MR) is 120 cm³/mol. The summed E-state index contributed by atoms with van der Waals surface area (Å²) in [4.78, 5) is 22.6. The van der Waals surface area contributed by atoms with Crippen molar-refractivity contribution >= 4 is 21.6 Å². The maximum Gasteiger partial charge on any atom is 0.262 e. The molecule has 3 rings (SSSR count). The average Bonchev–Trinajstić information content (AvgIpc) is 3.03. The van der Waals surface area contributed by atoms with E-state index in [0.717, 1.165) is 45.9 Å². The van der Waals surface area contributed by atoms with E-state index in [1.165, 1.54) is 0 Å². The van der Waals surface area contributed by atoms with Gasteiger partial charge in [-0.15, -0.1) is 11.3 Å². The van der Waals surface area contributed by atoms with Crippen molar-refractivity contribution in [1.29, 1.82) is 0 Å². The van der Waals surface area contributed by atoms with Crippen LogP contribution in [0.5, 0.6) is 11.5 Å². The first-order chi connectivity index (χ1) is 13.9. The molecule has 0 atom stereocenters. The Labute approximate surface area is 175 Å². The van der Waals surface area contributed by atoms with Gasteiger partial charge in [-0.2, -0.15) is 0 Å². The van der Waals surface area contributed by atoms with Crippen molar-refractivity contribution in [2.45, 2.75) is 34.2 Å². The van der Waals surface area contributed by atoms with Gasteiger partial charge in [-0.25, -0.2) is 4.98 Å². The lowest BCUT2D eigenvalue weighted by Gasteiger charge is -2.20. The molecule has 0 fully saturated rings. The maximum atomic E-state index is 13.5. The number of methoxy groups -OCH3 is 2. The molecule has 3 aromatic rings. The molecule has 0 amide bonds. The summed E-state index contributed by atoms with van der Waals surface area (Å²) in [5, 5.41) is 0.733. The van der Waals surface area contributed by atoms with Crippen molar-refractivity contribution in [3.05, 3.63) is 39.0 Å². The van der Waals surface area contributed by atoms with Gasteiger partial charge in [0.2, 0.25) is 0 Å². The highest BCUT2D eigenvalue weighted by molar-refractivity contribution is 7.18. The number of fused-ring (bicyclic) bond motifs is 1. The standard InChI is InChI=1S/C22H29N3O3S/c1-7-24(8-2)11-12-25-20(16-9-10-17(27-5)18(13-16)28-6)23-21-19(22(25)26)14(3)15(4)29-21/h9-10,13H,7-8,11-12H2,1-6H3. The van der Waals surface area contributed by atoms with Crippen molar-refractivity contribution in [2.24, 2.45) is 0 Å². The van der Waals surface area contributed by atoms with Crippen molar-refractivity contribution in [2.75, 3.05) is 33.9 Å². The summed E-state index contributed by atoms with van der Waals surface area (Å²) in [6.07, 6.45) is 0. The largest absolute Gasteiger partial charge is 0.493 e. The molecule has 7 heteroatoms. The van der Waals surface area contributed by atoms with Gasteiger partial charge in [0.25, 0.3) is 5.56 Å². The molecule has 0 bridgehead atoms. The van der Waals surface area contributed by atoms with Crippen LogP contribution in [0.3, 0.4) is 0 Å². The Hall–Kier alpha value is -2.38. The minimum absolute atomic E-state index is 0.0220. The summed E-state index contributed by atoms with van der Waals surface area (Å²) in [6, 6.07) is 5.66. The number of thiophene rings is 1. The van der Waals surface area contributed by atoms with Crippen LogP contribution in [-0.2, 0) is 6.54 Å². The molecule has 0 aliphatic carbocycles. The number of rotatable bonds is 8. The zero-order valence-corrected chi connectivity index (χ0v) is 18.9. The summed E-state index contributed by atoms with van der Waals surface area (Å²) >= 11 is 1.57. The molecule has 0 saturated heterocycles. The van der Waals surface area contributed by atoms with Crippen molar-refractivity contribution in [3.63, 3.8) is 0 Å². The number of benzene rings is 1. The van der Waals surface area contributed by atoms with E-state index in [1.54, 1.807) is 30.1 Å². The Morgan fingerprint density at radius 3 is 2.41 bits per heavy atom. The van der Waals surface area contributed by atoms with Crippen LogP contribution in [0, 0.1) is 13.8 Å². The molecular formula is C22H29N3O3S. The van der Waals surface area contributed by atoms with Gasteiger partial charge in [0.1, 0.15) is 10.7 Å². The van der Waals surface area contributed by atoms with E-state index < -0.39 is 0 Å². The van der Waals surface area contributed by atoms with Crippen LogP contribution in [0.1, 0.15) is 24.3 Å². The predicted octanol–water partition coefficient (Wildman–Crippen LogP) is 4.10. The van der Waals surface area contributed by atoms with Crippen LogP contribution < -0.4 is 15.0 Å². The molecule has 0 unspecified atom stereocenters. The topological polar surface area (TPSA) is 56.6 Å². The number of hydrogen-bond donors (Lipinski definition) is 0. The average molecular weight is 416 g/mol. The van der Waals surface area contributed by atoms with E-state index in [-0.39, 0.29) is 5.56 Å². The fraction of sp³-hybridized carbons (Fsp3) is 0.455. The lowest BCUT2D eigenvalue weighted by molar-refractivity contribution is 0.289. The zero-order valence-electron chi connectivity index (χ0n) is 18.0. The summed E-state index contributed by atoms with van der Waals surface area (Å²) in [6.45, 7) is 11.6. The van der Waals surface area contributed by atoms with Crippen LogP contribution in [0.2, 0.25) is 0 Å². The fourth-order valence-corrected chi connectivity index (χ4v) is 4.53. The summed E-state index contributed by atoms with van der Waals surface area (Å²) < 4.78 is 12.6. The summed E-state index contributed by atoms with van der Waals surface area (Å²) in [5.41, 5.74) is 1.89. The molecule has 0 N–H and O–H groups in total. The SMILES string of the molecule is CCN(CC)CCn1c(-c2ccc(OC)c(OC)c2)nc2sc(C)c(C)c2c1=O. The number of likely N-dealkylation sites (N-methyl/N-ethyl adjacent to an activating group) is 1. The molecule has 0 spiro atoms. The summed E-state index contributed by atoms with van der Waals surface area (Å²) in [5.74, 6) is 1.93. The van der Waals surface area contributed by atoms with E-state index in [0.29, 0.717) is 23.9 Å². The van der Waals surface area contributed by atoms with Gasteiger partial charge in [-0.05, 0) is 50.7 Å². The van der Waals surface area contributed by atoms with E-state index in [9.17, 15) is 4.79 Å². The molecule has 6 nitrogen and oxygen atoms in total. The number of ether oxygens (including phenoxy) is 2. The molecule has 0 aliphatic rings. The highest BCUT2D eigenvalue weighted by atomic mass is 32.1. The molecule has 0 radical (unpaired) electrons. The second-order valence-electron chi connectivity index (χ2n) is 6.95. The van der Waals surface area contributed by atoms with Crippen LogP contribution in [0.25, 0.3) is 21.6 Å². The van der Waals surface area contributed by atoms with Crippen molar-refractivity contribution in [1.82, 2.24) is 14.5 Å². The molecule has 1 aromatic carbocycles. The highest BCUT2D eigenvalue weighted by Gasteiger charge is 2.19. The minimum atomic E-state index is 0.0220. The highest BCUT2D eigenvalue weighted by Crippen LogP contribution is 2.33. The third kappa shape index (κ3) is 4.02. The molecule has 2 aromatic heterocycles. The van der Waals surface area contributed by atoms with Gasteiger partial charge in [0.05, 0.1) is 19.6 Å². The lowest BCUT2D eigenvalue weighted by atomic mass is 10.1. The quantitative estimate of drug-likeness (QED) is 0.554.